The number of rotatable bonds is 5. The number of carbonyl (C=O) groups is 2. The van der Waals surface area contributed by atoms with Crippen LogP contribution in [0.1, 0.15) is 20.3 Å². The SMILES string of the molecule is CC(C)[C@H]1C(=O)N(S(C)(=O)=O)[C@H]2CCN(C(=O)C=CCN3CCN(C)CC3)[C@H]12. The molecule has 3 aliphatic heterocycles. The molecule has 0 bridgehead atoms. The van der Waals surface area contributed by atoms with Crippen LogP contribution in [0, 0.1) is 11.8 Å². The molecule has 3 saturated heterocycles. The molecule has 0 saturated carbocycles. The maximum absolute atomic E-state index is 12.8. The Morgan fingerprint density at radius 2 is 1.82 bits per heavy atom. The number of likely N-dealkylation sites (N-methyl/N-ethyl adjacent to an activating group) is 1. The quantitative estimate of drug-likeness (QED) is 0.584. The van der Waals surface area contributed by atoms with Gasteiger partial charge in [-0.25, -0.2) is 12.7 Å². The first-order valence-electron chi connectivity index (χ1n) is 10.0. The second-order valence-electron chi connectivity index (χ2n) is 8.55. The van der Waals surface area contributed by atoms with Crippen molar-refractivity contribution in [1.82, 2.24) is 19.0 Å². The summed E-state index contributed by atoms with van der Waals surface area (Å²) < 4.78 is 25.4. The normalized spacial score (nSPS) is 30.0. The van der Waals surface area contributed by atoms with Gasteiger partial charge in [-0.15, -0.1) is 0 Å². The van der Waals surface area contributed by atoms with Crippen LogP contribution in [0.25, 0.3) is 0 Å². The molecule has 8 nitrogen and oxygen atoms in total. The smallest absolute Gasteiger partial charge is 0.246 e. The van der Waals surface area contributed by atoms with Crippen LogP contribution in [0.3, 0.4) is 0 Å². The lowest BCUT2D eigenvalue weighted by Gasteiger charge is -2.31. The molecule has 28 heavy (non-hydrogen) atoms. The molecule has 3 heterocycles. The van der Waals surface area contributed by atoms with Crippen molar-refractivity contribution < 1.29 is 18.0 Å². The molecular weight excluding hydrogens is 380 g/mol. The fraction of sp³-hybridized carbons (Fsp3) is 0.789. The molecule has 0 radical (unpaired) electrons. The molecule has 2 amide bonds. The van der Waals surface area contributed by atoms with Gasteiger partial charge in [-0.2, -0.15) is 0 Å². The molecule has 3 fully saturated rings. The van der Waals surface area contributed by atoms with E-state index in [2.05, 4.69) is 16.8 Å². The van der Waals surface area contributed by atoms with E-state index in [4.69, 9.17) is 0 Å². The molecule has 3 aliphatic rings. The van der Waals surface area contributed by atoms with Crippen LogP contribution in [0.2, 0.25) is 0 Å². The zero-order valence-corrected chi connectivity index (χ0v) is 18.1. The number of carbonyl (C=O) groups excluding carboxylic acids is 2. The van der Waals surface area contributed by atoms with E-state index >= 15 is 0 Å². The maximum atomic E-state index is 12.8. The van der Waals surface area contributed by atoms with Gasteiger partial charge in [0.15, 0.2) is 0 Å². The Morgan fingerprint density at radius 1 is 1.18 bits per heavy atom. The number of hydrogen-bond donors (Lipinski definition) is 0. The summed E-state index contributed by atoms with van der Waals surface area (Å²) in [6, 6.07) is -0.812. The van der Waals surface area contributed by atoms with E-state index in [1.165, 1.54) is 0 Å². The van der Waals surface area contributed by atoms with Gasteiger partial charge in [0.05, 0.1) is 24.3 Å². The summed E-state index contributed by atoms with van der Waals surface area (Å²) in [5.41, 5.74) is 0. The third-order valence-electron chi connectivity index (χ3n) is 6.17. The number of fused-ring (bicyclic) bond motifs is 1. The summed E-state index contributed by atoms with van der Waals surface area (Å²) in [6.07, 6.45) is 5.05. The number of hydrogen-bond acceptors (Lipinski definition) is 6. The number of amides is 2. The van der Waals surface area contributed by atoms with Gasteiger partial charge in [0.1, 0.15) is 0 Å². The second kappa shape index (κ2) is 8.12. The lowest BCUT2D eigenvalue weighted by atomic mass is 9.88. The topological polar surface area (TPSA) is 81.2 Å². The van der Waals surface area contributed by atoms with Crippen molar-refractivity contribution in [3.63, 3.8) is 0 Å². The third kappa shape index (κ3) is 4.11. The molecule has 0 aliphatic carbocycles. The van der Waals surface area contributed by atoms with Crippen molar-refractivity contribution in [1.29, 1.82) is 0 Å². The van der Waals surface area contributed by atoms with Crippen LogP contribution in [-0.2, 0) is 19.6 Å². The van der Waals surface area contributed by atoms with Gasteiger partial charge < -0.3 is 9.80 Å². The summed E-state index contributed by atoms with van der Waals surface area (Å²) in [7, 11) is -1.53. The number of nitrogens with zero attached hydrogens (tertiary/aromatic N) is 4. The second-order valence-corrected chi connectivity index (χ2v) is 10.4. The van der Waals surface area contributed by atoms with E-state index < -0.39 is 22.0 Å². The molecule has 0 spiro atoms. The molecule has 0 unspecified atom stereocenters. The minimum absolute atomic E-state index is 0.0329. The summed E-state index contributed by atoms with van der Waals surface area (Å²) in [6.45, 7) is 9.05. The van der Waals surface area contributed by atoms with Gasteiger partial charge in [-0.3, -0.25) is 14.5 Å². The summed E-state index contributed by atoms with van der Waals surface area (Å²) in [5, 5.41) is 0. The van der Waals surface area contributed by atoms with Crippen molar-refractivity contribution in [2.45, 2.75) is 32.4 Å². The van der Waals surface area contributed by atoms with E-state index in [0.29, 0.717) is 13.0 Å². The zero-order chi connectivity index (χ0) is 20.6. The highest BCUT2D eigenvalue weighted by Crippen LogP contribution is 2.41. The van der Waals surface area contributed by atoms with Gasteiger partial charge >= 0.3 is 0 Å². The number of likely N-dealkylation sites (tertiary alicyclic amines) is 1. The van der Waals surface area contributed by atoms with Gasteiger partial charge in [-0.05, 0) is 19.4 Å². The highest BCUT2D eigenvalue weighted by atomic mass is 32.2. The molecule has 0 aromatic heterocycles. The Bertz CT molecular complexity index is 743. The van der Waals surface area contributed by atoms with E-state index in [1.807, 2.05) is 19.9 Å². The van der Waals surface area contributed by atoms with Crippen LogP contribution < -0.4 is 0 Å². The number of sulfonamides is 1. The van der Waals surface area contributed by atoms with E-state index in [-0.39, 0.29) is 23.8 Å². The third-order valence-corrected chi connectivity index (χ3v) is 7.34. The summed E-state index contributed by atoms with van der Waals surface area (Å²) in [5.74, 6) is -1.01. The Labute approximate surface area is 168 Å². The largest absolute Gasteiger partial charge is 0.333 e. The molecule has 0 N–H and O–H groups in total. The highest BCUT2D eigenvalue weighted by molar-refractivity contribution is 7.88. The maximum Gasteiger partial charge on any atom is 0.246 e. The average molecular weight is 413 g/mol. The Morgan fingerprint density at radius 3 is 2.39 bits per heavy atom. The summed E-state index contributed by atoms with van der Waals surface area (Å²) >= 11 is 0. The first-order chi connectivity index (χ1) is 13.1. The van der Waals surface area contributed by atoms with Crippen LogP contribution in [0.15, 0.2) is 12.2 Å². The number of piperazine rings is 1. The molecule has 158 valence electrons. The van der Waals surface area contributed by atoms with Gasteiger partial charge in [-0.1, -0.05) is 19.9 Å². The van der Waals surface area contributed by atoms with Crippen LogP contribution in [0.5, 0.6) is 0 Å². The minimum Gasteiger partial charge on any atom is -0.333 e. The Balaban J connectivity index is 1.70. The Hall–Kier alpha value is -1.45. The molecule has 3 atom stereocenters. The van der Waals surface area contributed by atoms with Crippen LogP contribution >= 0.6 is 0 Å². The molecule has 9 heteroatoms. The lowest BCUT2D eigenvalue weighted by molar-refractivity contribution is -0.131. The van der Waals surface area contributed by atoms with Crippen LogP contribution in [-0.4, -0.2) is 104 Å². The molecule has 0 aromatic carbocycles. The van der Waals surface area contributed by atoms with Gasteiger partial charge in [0.25, 0.3) is 0 Å². The molecular formula is C19H32N4O4S. The fourth-order valence-electron chi connectivity index (χ4n) is 4.72. The fourth-order valence-corrected chi connectivity index (χ4v) is 5.89. The monoisotopic (exact) mass is 412 g/mol. The lowest BCUT2D eigenvalue weighted by Crippen LogP contribution is -2.44. The van der Waals surface area contributed by atoms with E-state index in [9.17, 15) is 18.0 Å². The highest BCUT2D eigenvalue weighted by Gasteiger charge is 2.58. The van der Waals surface area contributed by atoms with Gasteiger partial charge in [0, 0.05) is 45.3 Å². The molecule has 3 rings (SSSR count). The first kappa shape index (κ1) is 21.3. The van der Waals surface area contributed by atoms with Crippen molar-refractivity contribution in [3.05, 3.63) is 12.2 Å². The standard InChI is InChI=1S/C19H32N4O4S/c1-14(2)17-18-15(23(19(17)25)28(4,26)27)7-9-22(18)16(24)6-5-8-21-12-10-20(3)11-13-21/h5-6,14-15,17-18H,7-13H2,1-4H3/t15-,17+,18-/m0/s1. The summed E-state index contributed by atoms with van der Waals surface area (Å²) in [4.78, 5) is 31.9. The predicted octanol–water partition coefficient (Wildman–Crippen LogP) is -0.166. The van der Waals surface area contributed by atoms with Crippen molar-refractivity contribution in [2.75, 3.05) is 52.6 Å². The Kier molecular flexibility index (Phi) is 6.17. The average Bonchev–Trinajstić information content (AvgIpc) is 3.11. The van der Waals surface area contributed by atoms with Gasteiger partial charge in [0.2, 0.25) is 21.8 Å². The van der Waals surface area contributed by atoms with Crippen molar-refractivity contribution in [2.24, 2.45) is 11.8 Å². The van der Waals surface area contributed by atoms with Crippen molar-refractivity contribution >= 4 is 21.8 Å². The van der Waals surface area contributed by atoms with E-state index in [1.54, 1.807) is 11.0 Å². The predicted molar refractivity (Wildman–Crippen MR) is 107 cm³/mol. The minimum atomic E-state index is -3.64. The van der Waals surface area contributed by atoms with Crippen molar-refractivity contribution in [3.8, 4) is 0 Å². The van der Waals surface area contributed by atoms with E-state index in [0.717, 1.165) is 43.3 Å². The molecule has 0 aromatic rings. The first-order valence-corrected chi connectivity index (χ1v) is 11.9. The van der Waals surface area contributed by atoms with Crippen LogP contribution in [0.4, 0.5) is 0 Å². The zero-order valence-electron chi connectivity index (χ0n) is 17.2.